The molecule has 0 radical (unpaired) electrons. The highest BCUT2D eigenvalue weighted by Crippen LogP contribution is 2.30. The second-order valence-electron chi connectivity index (χ2n) is 8.91. The minimum atomic E-state index is -0.311. The molecule has 3 aromatic rings. The van der Waals surface area contributed by atoms with E-state index in [2.05, 4.69) is 52.7 Å². The fourth-order valence-electron chi connectivity index (χ4n) is 4.56. The van der Waals surface area contributed by atoms with Crippen LogP contribution in [0, 0.1) is 5.41 Å². The highest BCUT2D eigenvalue weighted by atomic mass is 16.5. The molecule has 0 bridgehead atoms. The lowest BCUT2D eigenvalue weighted by atomic mass is 9.88. The number of amides is 1. The van der Waals surface area contributed by atoms with Crippen LogP contribution in [0.1, 0.15) is 43.2 Å². The number of nitrogens with one attached hydrogen (secondary N) is 2. The molecule has 1 saturated heterocycles. The maximum Gasteiger partial charge on any atom is 0.249 e. The maximum atomic E-state index is 11.8. The topological polar surface area (TPSA) is 65.4 Å². The van der Waals surface area contributed by atoms with E-state index in [0.29, 0.717) is 12.5 Å². The molecule has 0 unspecified atom stereocenters. The van der Waals surface area contributed by atoms with Gasteiger partial charge in [-0.2, -0.15) is 0 Å². The van der Waals surface area contributed by atoms with Gasteiger partial charge < -0.3 is 15.0 Å². The normalized spacial score (nSPS) is 15.0. The number of carbonyl (C=O) groups is 1. The highest BCUT2D eigenvalue weighted by molar-refractivity contribution is 6.03. The number of benzene rings is 3. The Bertz CT molecular complexity index is 1160. The van der Waals surface area contributed by atoms with Gasteiger partial charge in [0.1, 0.15) is 5.75 Å². The summed E-state index contributed by atoms with van der Waals surface area (Å²) in [6.07, 6.45) is 6.52. The lowest BCUT2D eigenvalue weighted by Gasteiger charge is -2.32. The first kappa shape index (κ1) is 23.7. The van der Waals surface area contributed by atoms with Gasteiger partial charge in [-0.1, -0.05) is 60.7 Å². The molecule has 1 aliphatic rings. The van der Waals surface area contributed by atoms with Crippen molar-refractivity contribution in [3.63, 3.8) is 0 Å². The lowest BCUT2D eigenvalue weighted by Crippen LogP contribution is -2.34. The number of piperidine rings is 1. The van der Waals surface area contributed by atoms with Crippen LogP contribution >= 0.6 is 0 Å². The Kier molecular flexibility index (Phi) is 8.10. The van der Waals surface area contributed by atoms with Crippen LogP contribution in [0.2, 0.25) is 0 Å². The fourth-order valence-corrected chi connectivity index (χ4v) is 4.56. The van der Waals surface area contributed by atoms with Gasteiger partial charge in [0.05, 0.1) is 12.4 Å². The molecule has 1 aliphatic heterocycles. The molecule has 0 atom stereocenters. The monoisotopic (exact) mass is 455 g/mol. The lowest BCUT2D eigenvalue weighted by molar-refractivity contribution is -0.115. The summed E-state index contributed by atoms with van der Waals surface area (Å²) < 4.78 is 6.02. The summed E-state index contributed by atoms with van der Waals surface area (Å²) in [6.45, 7) is 5.45. The van der Waals surface area contributed by atoms with Gasteiger partial charge in [-0.25, -0.2) is 0 Å². The van der Waals surface area contributed by atoms with E-state index in [4.69, 9.17) is 10.1 Å². The average Bonchev–Trinajstić information content (AvgIpc) is 2.85. The zero-order valence-corrected chi connectivity index (χ0v) is 19.8. The van der Waals surface area contributed by atoms with Crippen molar-refractivity contribution in [3.8, 4) is 5.75 Å². The summed E-state index contributed by atoms with van der Waals surface area (Å²) in [6, 6.07) is 23.2. The molecule has 5 heteroatoms. The standard InChI is InChI=1S/C29H33N3O2/c1-22(30)31-29(33)14-13-25-8-4-5-10-28(25)34-20-6-17-32-18-15-24(16-19-32)27-12-11-23-7-2-3-9-26(23)21-27/h2-5,7-14,21,24H,6,15-20H2,1H3,(H2,30,31,33)/b14-13+. The van der Waals surface area contributed by atoms with E-state index in [0.717, 1.165) is 37.4 Å². The molecule has 1 fully saturated rings. The van der Waals surface area contributed by atoms with Crippen molar-refractivity contribution in [1.29, 1.82) is 5.41 Å². The van der Waals surface area contributed by atoms with E-state index < -0.39 is 0 Å². The Morgan fingerprint density at radius 2 is 1.79 bits per heavy atom. The number of carbonyl (C=O) groups excluding carboxylic acids is 1. The van der Waals surface area contributed by atoms with Crippen LogP contribution in [0.4, 0.5) is 0 Å². The van der Waals surface area contributed by atoms with E-state index in [-0.39, 0.29) is 11.7 Å². The summed E-state index contributed by atoms with van der Waals surface area (Å²) in [5.74, 6) is 1.23. The third kappa shape index (κ3) is 6.55. The first-order valence-corrected chi connectivity index (χ1v) is 12.1. The van der Waals surface area contributed by atoms with Crippen LogP contribution in [0.15, 0.2) is 72.8 Å². The van der Waals surface area contributed by atoms with E-state index in [9.17, 15) is 4.79 Å². The van der Waals surface area contributed by atoms with Crippen LogP contribution in [0.3, 0.4) is 0 Å². The molecule has 4 rings (SSSR count). The molecule has 34 heavy (non-hydrogen) atoms. The molecular formula is C29H33N3O2. The van der Waals surface area contributed by atoms with Crippen molar-refractivity contribution in [3.05, 3.63) is 83.9 Å². The van der Waals surface area contributed by atoms with Crippen LogP contribution < -0.4 is 10.1 Å². The molecule has 176 valence electrons. The second-order valence-corrected chi connectivity index (χ2v) is 8.91. The van der Waals surface area contributed by atoms with Gasteiger partial charge in [0.2, 0.25) is 5.91 Å². The third-order valence-electron chi connectivity index (χ3n) is 6.35. The van der Waals surface area contributed by atoms with E-state index in [1.165, 1.54) is 42.2 Å². The summed E-state index contributed by atoms with van der Waals surface area (Å²) in [7, 11) is 0. The fraction of sp³-hybridized carbons (Fsp3) is 0.310. The first-order chi connectivity index (χ1) is 16.6. The van der Waals surface area contributed by atoms with Crippen molar-refractivity contribution < 1.29 is 9.53 Å². The zero-order chi connectivity index (χ0) is 23.8. The third-order valence-corrected chi connectivity index (χ3v) is 6.35. The molecule has 5 nitrogen and oxygen atoms in total. The number of para-hydroxylation sites is 1. The van der Waals surface area contributed by atoms with Gasteiger partial charge >= 0.3 is 0 Å². The highest BCUT2D eigenvalue weighted by Gasteiger charge is 2.20. The Balaban J connectivity index is 1.21. The largest absolute Gasteiger partial charge is 0.493 e. The molecule has 0 spiro atoms. The number of hydrogen-bond acceptors (Lipinski definition) is 4. The molecule has 1 amide bonds. The van der Waals surface area contributed by atoms with E-state index in [1.54, 1.807) is 6.08 Å². The number of nitrogens with zero attached hydrogens (tertiary/aromatic N) is 1. The SMILES string of the molecule is CC(=N)NC(=O)/C=C/c1ccccc1OCCCN1CCC(c2ccc3ccccc3c2)CC1. The quantitative estimate of drug-likeness (QED) is 0.201. The summed E-state index contributed by atoms with van der Waals surface area (Å²) >= 11 is 0. The number of amidine groups is 1. The van der Waals surface area contributed by atoms with Gasteiger partial charge in [-0.05, 0) is 73.7 Å². The van der Waals surface area contributed by atoms with Gasteiger partial charge in [0, 0.05) is 18.2 Å². The summed E-state index contributed by atoms with van der Waals surface area (Å²) in [4.78, 5) is 14.3. The minimum absolute atomic E-state index is 0.125. The van der Waals surface area contributed by atoms with Crippen LogP contribution in [0.25, 0.3) is 16.8 Å². The first-order valence-electron chi connectivity index (χ1n) is 12.1. The zero-order valence-electron chi connectivity index (χ0n) is 19.8. The van der Waals surface area contributed by atoms with Crippen molar-refractivity contribution in [2.24, 2.45) is 0 Å². The second kappa shape index (κ2) is 11.6. The van der Waals surface area contributed by atoms with Crippen molar-refractivity contribution in [2.75, 3.05) is 26.2 Å². The smallest absolute Gasteiger partial charge is 0.249 e. The molecular weight excluding hydrogens is 422 g/mol. The van der Waals surface area contributed by atoms with E-state index in [1.807, 2.05) is 24.3 Å². The Hall–Kier alpha value is -3.44. The molecule has 2 N–H and O–H groups in total. The Morgan fingerprint density at radius 3 is 2.59 bits per heavy atom. The summed E-state index contributed by atoms with van der Waals surface area (Å²) in [5, 5.41) is 12.4. The Labute approximate surface area is 201 Å². The van der Waals surface area contributed by atoms with Gasteiger partial charge in [0.15, 0.2) is 0 Å². The number of ether oxygens (including phenoxy) is 1. The predicted octanol–water partition coefficient (Wildman–Crippen LogP) is 5.61. The van der Waals surface area contributed by atoms with Crippen LogP contribution in [-0.2, 0) is 4.79 Å². The van der Waals surface area contributed by atoms with Gasteiger partial charge in [-0.3, -0.25) is 10.2 Å². The molecule has 3 aromatic carbocycles. The number of likely N-dealkylation sites (tertiary alicyclic amines) is 1. The number of fused-ring (bicyclic) bond motifs is 1. The van der Waals surface area contributed by atoms with Gasteiger partial charge in [0.25, 0.3) is 0 Å². The molecule has 0 saturated carbocycles. The molecule has 0 aliphatic carbocycles. The minimum Gasteiger partial charge on any atom is -0.493 e. The van der Waals surface area contributed by atoms with Crippen molar-refractivity contribution >= 4 is 28.6 Å². The number of hydrogen-bond donors (Lipinski definition) is 2. The molecule has 0 aromatic heterocycles. The molecule has 1 heterocycles. The van der Waals surface area contributed by atoms with Crippen LogP contribution in [0.5, 0.6) is 5.75 Å². The van der Waals surface area contributed by atoms with Crippen LogP contribution in [-0.4, -0.2) is 42.9 Å². The predicted molar refractivity (Wildman–Crippen MR) is 139 cm³/mol. The summed E-state index contributed by atoms with van der Waals surface area (Å²) in [5.41, 5.74) is 2.33. The van der Waals surface area contributed by atoms with Crippen molar-refractivity contribution in [1.82, 2.24) is 10.2 Å². The Morgan fingerprint density at radius 1 is 1.06 bits per heavy atom. The average molecular weight is 456 g/mol. The van der Waals surface area contributed by atoms with Gasteiger partial charge in [-0.15, -0.1) is 0 Å². The van der Waals surface area contributed by atoms with E-state index >= 15 is 0 Å². The maximum absolute atomic E-state index is 11.8. The van der Waals surface area contributed by atoms with Crippen molar-refractivity contribution in [2.45, 2.75) is 32.1 Å². The number of rotatable bonds is 8.